The second kappa shape index (κ2) is 7.75. The Hall–Kier alpha value is -2.73. The molecule has 1 heterocycles. The van der Waals surface area contributed by atoms with Crippen LogP contribution in [-0.2, 0) is 23.6 Å². The van der Waals surface area contributed by atoms with Crippen LogP contribution < -0.4 is 5.32 Å². The van der Waals surface area contributed by atoms with Gasteiger partial charge in [0.25, 0.3) is 0 Å². The number of carboxylic acids is 1. The lowest BCUT2D eigenvalue weighted by Gasteiger charge is -2.36. The predicted molar refractivity (Wildman–Crippen MR) is 114 cm³/mol. The topological polar surface area (TPSA) is 69.6 Å². The van der Waals surface area contributed by atoms with Crippen LogP contribution >= 0.6 is 0 Å². The van der Waals surface area contributed by atoms with Gasteiger partial charge in [0.1, 0.15) is 6.67 Å². The molecule has 2 N–H and O–H groups in total. The standard InChI is InChI=1S/C25H27FN2O3/c26-14-16-1-3-17(4-2-16)15-28-21(10-7-19-13-22(19)28)23(29)27-25(11-12-25)20-8-5-18(6-9-20)24(30)31/h1-6,8-9,19,21-22H,7,10-15H2,(H,27,29)(H,30,31)/t19?,21-,22?/m1/s1. The molecule has 5 rings (SSSR count). The molecule has 0 aromatic heterocycles. The molecule has 1 aliphatic heterocycles. The first-order valence-electron chi connectivity index (χ1n) is 11.0. The molecule has 1 amide bonds. The Kier molecular flexibility index (Phi) is 5.05. The van der Waals surface area contributed by atoms with Gasteiger partial charge in [0, 0.05) is 12.6 Å². The van der Waals surface area contributed by atoms with Crippen LogP contribution in [0.4, 0.5) is 4.39 Å². The zero-order valence-electron chi connectivity index (χ0n) is 17.4. The normalized spacial score (nSPS) is 26.0. The SMILES string of the molecule is O=C(O)c1ccc(C2(NC(=O)[C@H]3CCC4CC4N3Cc3ccc(CF)cc3)CC2)cc1. The maximum atomic E-state index is 13.4. The fourth-order valence-corrected chi connectivity index (χ4v) is 5.03. The fraction of sp³-hybridized carbons (Fsp3) is 0.440. The van der Waals surface area contributed by atoms with Crippen molar-refractivity contribution in [1.82, 2.24) is 10.2 Å². The molecule has 31 heavy (non-hydrogen) atoms. The second-order valence-corrected chi connectivity index (χ2v) is 9.23. The molecule has 2 unspecified atom stereocenters. The summed E-state index contributed by atoms with van der Waals surface area (Å²) in [6.07, 6.45) is 4.82. The molecule has 2 aliphatic carbocycles. The minimum Gasteiger partial charge on any atom is -0.478 e. The summed E-state index contributed by atoms with van der Waals surface area (Å²) in [5.74, 6) is -0.199. The Morgan fingerprint density at radius 3 is 2.32 bits per heavy atom. The van der Waals surface area contributed by atoms with Crippen LogP contribution in [0.15, 0.2) is 48.5 Å². The van der Waals surface area contributed by atoms with Gasteiger partial charge in [-0.3, -0.25) is 9.69 Å². The summed E-state index contributed by atoms with van der Waals surface area (Å²) in [6, 6.07) is 14.7. The third-order valence-corrected chi connectivity index (χ3v) is 7.16. The van der Waals surface area contributed by atoms with Gasteiger partial charge in [-0.25, -0.2) is 9.18 Å². The number of benzene rings is 2. The lowest BCUT2D eigenvalue weighted by Crippen LogP contribution is -2.52. The van der Waals surface area contributed by atoms with Crippen molar-refractivity contribution < 1.29 is 19.1 Å². The molecule has 0 radical (unpaired) electrons. The summed E-state index contributed by atoms with van der Waals surface area (Å²) in [5, 5.41) is 12.4. The molecule has 3 atom stereocenters. The zero-order valence-corrected chi connectivity index (χ0v) is 17.4. The Morgan fingerprint density at radius 2 is 1.71 bits per heavy atom. The van der Waals surface area contributed by atoms with Gasteiger partial charge in [-0.15, -0.1) is 0 Å². The number of hydrogen-bond acceptors (Lipinski definition) is 3. The second-order valence-electron chi connectivity index (χ2n) is 9.23. The molecule has 2 aromatic rings. The number of nitrogens with zero attached hydrogens (tertiary/aromatic N) is 1. The number of carbonyl (C=O) groups is 2. The Bertz CT molecular complexity index is 985. The van der Waals surface area contributed by atoms with Gasteiger partial charge in [0.05, 0.1) is 17.1 Å². The number of hydrogen-bond donors (Lipinski definition) is 2. The van der Waals surface area contributed by atoms with Crippen molar-refractivity contribution in [3.05, 3.63) is 70.8 Å². The fourth-order valence-electron chi connectivity index (χ4n) is 5.03. The number of amides is 1. The lowest BCUT2D eigenvalue weighted by molar-refractivity contribution is -0.129. The summed E-state index contributed by atoms with van der Waals surface area (Å²) in [6.45, 7) is 0.237. The number of rotatable bonds is 7. The van der Waals surface area contributed by atoms with E-state index >= 15 is 0 Å². The average Bonchev–Trinajstić information content (AvgIpc) is 3.70. The first kappa shape index (κ1) is 20.2. The van der Waals surface area contributed by atoms with Crippen LogP contribution in [0.3, 0.4) is 0 Å². The van der Waals surface area contributed by atoms with Crippen LogP contribution in [0, 0.1) is 5.92 Å². The third-order valence-electron chi connectivity index (χ3n) is 7.16. The van der Waals surface area contributed by atoms with Crippen molar-refractivity contribution in [2.75, 3.05) is 0 Å². The number of piperidine rings is 1. The number of carboxylic acid groups (broad SMARTS) is 1. The van der Waals surface area contributed by atoms with Crippen molar-refractivity contribution in [2.45, 2.75) is 62.9 Å². The van der Waals surface area contributed by atoms with Gasteiger partial charge in [-0.05, 0) is 66.8 Å². The van der Waals surface area contributed by atoms with Crippen LogP contribution in [0.5, 0.6) is 0 Å². The molecule has 2 aromatic carbocycles. The Balaban J connectivity index is 1.30. The molecule has 2 saturated carbocycles. The smallest absolute Gasteiger partial charge is 0.335 e. The molecular formula is C25H27FN2O3. The van der Waals surface area contributed by atoms with E-state index in [4.69, 9.17) is 5.11 Å². The quantitative estimate of drug-likeness (QED) is 0.707. The van der Waals surface area contributed by atoms with Gasteiger partial charge in [-0.2, -0.15) is 0 Å². The molecule has 0 bridgehead atoms. The summed E-state index contributed by atoms with van der Waals surface area (Å²) in [4.78, 5) is 26.8. The van der Waals surface area contributed by atoms with E-state index in [1.54, 1.807) is 12.1 Å². The molecule has 1 saturated heterocycles. The van der Waals surface area contributed by atoms with Crippen LogP contribution in [-0.4, -0.2) is 34.0 Å². The molecule has 162 valence electrons. The molecule has 5 nitrogen and oxygen atoms in total. The number of aromatic carboxylic acids is 1. The van der Waals surface area contributed by atoms with Crippen LogP contribution in [0.2, 0.25) is 0 Å². The molecule has 3 aliphatic rings. The van der Waals surface area contributed by atoms with Crippen molar-refractivity contribution in [3.8, 4) is 0 Å². The largest absolute Gasteiger partial charge is 0.478 e. The zero-order chi connectivity index (χ0) is 21.6. The van der Waals surface area contributed by atoms with E-state index < -0.39 is 12.6 Å². The third kappa shape index (κ3) is 3.97. The van der Waals surface area contributed by atoms with E-state index in [0.717, 1.165) is 43.2 Å². The first-order chi connectivity index (χ1) is 15.0. The highest BCUT2D eigenvalue weighted by atomic mass is 19.1. The van der Waals surface area contributed by atoms with Gasteiger partial charge >= 0.3 is 5.97 Å². The predicted octanol–water partition coefficient (Wildman–Crippen LogP) is 4.01. The lowest BCUT2D eigenvalue weighted by atomic mass is 9.98. The van der Waals surface area contributed by atoms with Crippen molar-refractivity contribution >= 4 is 11.9 Å². The molecule has 6 heteroatoms. The summed E-state index contributed by atoms with van der Waals surface area (Å²) in [5.41, 5.74) is 2.63. The van der Waals surface area contributed by atoms with Crippen molar-refractivity contribution in [3.63, 3.8) is 0 Å². The number of nitrogens with one attached hydrogen (secondary N) is 1. The molecular weight excluding hydrogens is 395 g/mol. The monoisotopic (exact) mass is 422 g/mol. The summed E-state index contributed by atoms with van der Waals surface area (Å²) >= 11 is 0. The van der Waals surface area contributed by atoms with Crippen molar-refractivity contribution in [1.29, 1.82) is 0 Å². The first-order valence-corrected chi connectivity index (χ1v) is 11.0. The number of halogens is 1. The number of fused-ring (bicyclic) bond motifs is 1. The molecule has 0 spiro atoms. The Morgan fingerprint density at radius 1 is 1.03 bits per heavy atom. The van der Waals surface area contributed by atoms with E-state index in [1.165, 1.54) is 0 Å². The van der Waals surface area contributed by atoms with E-state index in [1.807, 2.05) is 36.4 Å². The van der Waals surface area contributed by atoms with Gasteiger partial charge in [0.2, 0.25) is 5.91 Å². The minimum absolute atomic E-state index is 0.0607. The number of alkyl halides is 1. The van der Waals surface area contributed by atoms with Crippen LogP contribution in [0.25, 0.3) is 0 Å². The highest BCUT2D eigenvalue weighted by Gasteiger charge is 2.52. The van der Waals surface area contributed by atoms with E-state index in [2.05, 4.69) is 10.2 Å². The van der Waals surface area contributed by atoms with Gasteiger partial charge < -0.3 is 10.4 Å². The number of likely N-dealkylation sites (tertiary alicyclic amines) is 1. The van der Waals surface area contributed by atoms with E-state index in [-0.39, 0.29) is 23.1 Å². The summed E-state index contributed by atoms with van der Waals surface area (Å²) < 4.78 is 12.8. The van der Waals surface area contributed by atoms with E-state index in [9.17, 15) is 14.0 Å². The highest BCUT2D eigenvalue weighted by Crippen LogP contribution is 2.48. The maximum absolute atomic E-state index is 13.4. The minimum atomic E-state index is -0.947. The van der Waals surface area contributed by atoms with Gasteiger partial charge in [0.15, 0.2) is 0 Å². The Labute approximate surface area is 181 Å². The van der Waals surface area contributed by atoms with Crippen molar-refractivity contribution in [2.24, 2.45) is 5.92 Å². The van der Waals surface area contributed by atoms with E-state index in [0.29, 0.717) is 24.1 Å². The summed E-state index contributed by atoms with van der Waals surface area (Å²) in [7, 11) is 0. The maximum Gasteiger partial charge on any atom is 0.335 e. The average molecular weight is 423 g/mol. The highest BCUT2D eigenvalue weighted by molar-refractivity contribution is 5.87. The van der Waals surface area contributed by atoms with Crippen LogP contribution in [0.1, 0.15) is 59.2 Å². The number of carbonyl (C=O) groups excluding carboxylic acids is 1. The van der Waals surface area contributed by atoms with Gasteiger partial charge in [-0.1, -0.05) is 36.4 Å². The molecule has 3 fully saturated rings.